The Balaban J connectivity index is 0.00000208. The van der Waals surface area contributed by atoms with E-state index in [1.54, 1.807) is 6.20 Å². The lowest BCUT2D eigenvalue weighted by atomic mass is 10.1. The van der Waals surface area contributed by atoms with E-state index in [1.807, 2.05) is 29.6 Å². The van der Waals surface area contributed by atoms with Gasteiger partial charge < -0.3 is 19.3 Å². The Labute approximate surface area is 151 Å². The van der Waals surface area contributed by atoms with Crippen LogP contribution in [-0.4, -0.2) is 45.1 Å². The van der Waals surface area contributed by atoms with Gasteiger partial charge >= 0.3 is 0 Å². The zero-order chi connectivity index (χ0) is 16.4. The highest BCUT2D eigenvalue weighted by molar-refractivity contribution is 6.29. The maximum atomic E-state index is 12.7. The summed E-state index contributed by atoms with van der Waals surface area (Å²) >= 11 is 5.97. The van der Waals surface area contributed by atoms with Crippen molar-refractivity contribution in [2.24, 2.45) is 7.05 Å². The number of rotatable bonds is 4. The summed E-state index contributed by atoms with van der Waals surface area (Å²) in [5, 5.41) is 7.42. The van der Waals surface area contributed by atoms with Crippen LogP contribution in [0.4, 0.5) is 0 Å². The molecule has 2 aromatic rings. The Hall–Kier alpha value is -1.57. The molecule has 1 N–H and O–H groups in total. The van der Waals surface area contributed by atoms with Crippen LogP contribution in [0.25, 0.3) is 0 Å². The van der Waals surface area contributed by atoms with Gasteiger partial charge in [0.15, 0.2) is 0 Å². The highest BCUT2D eigenvalue weighted by Crippen LogP contribution is 2.24. The van der Waals surface area contributed by atoms with Crippen molar-refractivity contribution in [1.29, 1.82) is 0 Å². The van der Waals surface area contributed by atoms with E-state index in [2.05, 4.69) is 15.5 Å². The molecule has 132 valence electrons. The van der Waals surface area contributed by atoms with Gasteiger partial charge in [0.2, 0.25) is 11.1 Å². The number of hydrogen-bond acceptors (Lipinski definition) is 5. The van der Waals surface area contributed by atoms with Crippen molar-refractivity contribution in [3.63, 3.8) is 0 Å². The zero-order valence-corrected chi connectivity index (χ0v) is 15.2. The summed E-state index contributed by atoms with van der Waals surface area (Å²) in [7, 11) is 1.94. The van der Waals surface area contributed by atoms with Gasteiger partial charge in [-0.2, -0.15) is 0 Å². The van der Waals surface area contributed by atoms with Gasteiger partial charge in [-0.15, -0.1) is 12.4 Å². The van der Waals surface area contributed by atoms with Gasteiger partial charge in [0.25, 0.3) is 0 Å². The topological polar surface area (TPSA) is 76.2 Å². The van der Waals surface area contributed by atoms with Crippen molar-refractivity contribution in [3.8, 4) is 0 Å². The van der Waals surface area contributed by atoms with Crippen LogP contribution in [0.5, 0.6) is 0 Å². The third kappa shape index (κ3) is 3.74. The van der Waals surface area contributed by atoms with E-state index in [1.165, 1.54) is 0 Å². The van der Waals surface area contributed by atoms with Gasteiger partial charge in [-0.1, -0.05) is 5.16 Å². The first-order valence-electron chi connectivity index (χ1n) is 7.66. The number of hydrogen-bond donors (Lipinski definition) is 1. The molecular formula is C15H21Cl2N5O2. The van der Waals surface area contributed by atoms with Crippen molar-refractivity contribution < 1.29 is 9.32 Å². The number of nitrogens with one attached hydrogen (secondary N) is 1. The van der Waals surface area contributed by atoms with Crippen LogP contribution < -0.4 is 5.32 Å². The van der Waals surface area contributed by atoms with Crippen LogP contribution >= 0.6 is 24.0 Å². The molecule has 2 aromatic heterocycles. The zero-order valence-electron chi connectivity index (χ0n) is 13.7. The second kappa shape index (κ2) is 8.00. The lowest BCUT2D eigenvalue weighted by molar-refractivity contribution is -0.134. The predicted molar refractivity (Wildman–Crippen MR) is 92.4 cm³/mol. The number of amides is 1. The minimum atomic E-state index is -0.0460. The number of nitrogens with zero attached hydrogens (tertiary/aromatic N) is 4. The molecule has 0 radical (unpaired) electrons. The quantitative estimate of drug-likeness (QED) is 0.885. The molecule has 1 fully saturated rings. The lowest BCUT2D eigenvalue weighted by Gasteiger charge is -2.35. The van der Waals surface area contributed by atoms with Crippen molar-refractivity contribution in [2.75, 3.05) is 19.6 Å². The smallest absolute Gasteiger partial charge is 0.229 e. The molecule has 1 amide bonds. The summed E-state index contributed by atoms with van der Waals surface area (Å²) in [4.78, 5) is 19.0. The normalized spacial score (nSPS) is 17.6. The van der Waals surface area contributed by atoms with E-state index >= 15 is 0 Å². The van der Waals surface area contributed by atoms with Gasteiger partial charge in [0, 0.05) is 51.1 Å². The second-order valence-electron chi connectivity index (χ2n) is 5.72. The molecule has 1 saturated heterocycles. The average molecular weight is 374 g/mol. The lowest BCUT2D eigenvalue weighted by Crippen LogP contribution is -2.49. The molecule has 3 rings (SSSR count). The summed E-state index contributed by atoms with van der Waals surface area (Å²) < 4.78 is 6.89. The van der Waals surface area contributed by atoms with Crippen LogP contribution in [-0.2, 0) is 18.3 Å². The first-order chi connectivity index (χ1) is 11.1. The molecule has 0 aromatic carbocycles. The molecule has 1 aliphatic heterocycles. The van der Waals surface area contributed by atoms with Crippen LogP contribution in [0, 0.1) is 6.92 Å². The van der Waals surface area contributed by atoms with Gasteiger partial charge in [-0.25, -0.2) is 4.98 Å². The summed E-state index contributed by atoms with van der Waals surface area (Å²) in [6.45, 7) is 4.01. The second-order valence-corrected chi connectivity index (χ2v) is 6.07. The Morgan fingerprint density at radius 1 is 1.54 bits per heavy atom. The standard InChI is InChI=1S/C15H20ClN5O2.ClH/c1-10-11(14(16)23-19-10)3-4-13(22)21-8-5-17-9-12(21)15-18-6-7-20(15)2;/h6-7,12,17H,3-5,8-9H2,1-2H3;1H. The number of aryl methyl sites for hydroxylation is 2. The number of carbonyl (C=O) groups excluding carboxylic acids is 1. The molecule has 24 heavy (non-hydrogen) atoms. The number of aromatic nitrogens is 3. The maximum absolute atomic E-state index is 12.7. The SMILES string of the molecule is Cc1noc(Cl)c1CCC(=O)N1CCNCC1c1nccn1C.Cl. The monoisotopic (exact) mass is 373 g/mol. The third-order valence-electron chi connectivity index (χ3n) is 4.25. The van der Waals surface area contributed by atoms with E-state index in [0.29, 0.717) is 25.9 Å². The molecule has 1 atom stereocenters. The maximum Gasteiger partial charge on any atom is 0.229 e. The fourth-order valence-electron chi connectivity index (χ4n) is 2.95. The molecule has 0 bridgehead atoms. The third-order valence-corrected chi connectivity index (χ3v) is 4.54. The fraction of sp³-hybridized carbons (Fsp3) is 0.533. The number of piperazine rings is 1. The molecular weight excluding hydrogens is 353 g/mol. The molecule has 0 aliphatic carbocycles. The average Bonchev–Trinajstić information content (AvgIpc) is 3.11. The Morgan fingerprint density at radius 2 is 2.33 bits per heavy atom. The number of carbonyl (C=O) groups is 1. The Morgan fingerprint density at radius 3 is 2.96 bits per heavy atom. The van der Waals surface area contributed by atoms with Gasteiger partial charge in [0.05, 0.1) is 5.69 Å². The minimum absolute atomic E-state index is 0. The van der Waals surface area contributed by atoms with Crippen molar-refractivity contribution >= 4 is 29.9 Å². The first kappa shape index (κ1) is 18.8. The Kier molecular flexibility index (Phi) is 6.26. The molecule has 1 unspecified atom stereocenters. The van der Waals surface area contributed by atoms with E-state index in [4.69, 9.17) is 16.1 Å². The highest BCUT2D eigenvalue weighted by atomic mass is 35.5. The molecule has 3 heterocycles. The molecule has 0 spiro atoms. The van der Waals surface area contributed by atoms with Crippen LogP contribution in [0.2, 0.25) is 5.22 Å². The fourth-order valence-corrected chi connectivity index (χ4v) is 3.21. The van der Waals surface area contributed by atoms with Crippen molar-refractivity contribution in [1.82, 2.24) is 24.9 Å². The molecule has 1 aliphatic rings. The summed E-state index contributed by atoms with van der Waals surface area (Å²) in [6, 6.07) is -0.0460. The predicted octanol–water partition coefficient (Wildman–Crippen LogP) is 1.90. The van der Waals surface area contributed by atoms with Gasteiger partial charge in [-0.3, -0.25) is 4.79 Å². The van der Waals surface area contributed by atoms with Crippen LogP contribution in [0.3, 0.4) is 0 Å². The summed E-state index contributed by atoms with van der Waals surface area (Å²) in [5.41, 5.74) is 1.55. The Bertz CT molecular complexity index is 680. The van der Waals surface area contributed by atoms with Gasteiger partial charge in [0.1, 0.15) is 11.9 Å². The van der Waals surface area contributed by atoms with Crippen molar-refractivity contribution in [2.45, 2.75) is 25.8 Å². The first-order valence-corrected chi connectivity index (χ1v) is 8.03. The molecule has 0 saturated carbocycles. The van der Waals surface area contributed by atoms with Crippen molar-refractivity contribution in [3.05, 3.63) is 34.7 Å². The van der Waals surface area contributed by atoms with E-state index in [0.717, 1.165) is 23.6 Å². The number of halogens is 2. The van der Waals surface area contributed by atoms with Gasteiger partial charge in [-0.05, 0) is 24.9 Å². The summed E-state index contributed by atoms with van der Waals surface area (Å²) in [6.07, 6.45) is 4.56. The van der Waals surface area contributed by atoms with E-state index < -0.39 is 0 Å². The van der Waals surface area contributed by atoms with Crippen LogP contribution in [0.1, 0.15) is 29.5 Å². The molecule has 7 nitrogen and oxygen atoms in total. The van der Waals surface area contributed by atoms with Crippen LogP contribution in [0.15, 0.2) is 16.9 Å². The molecule has 9 heteroatoms. The largest absolute Gasteiger partial charge is 0.344 e. The summed E-state index contributed by atoms with van der Waals surface area (Å²) in [5.74, 6) is 0.987. The van der Waals surface area contributed by atoms with E-state index in [-0.39, 0.29) is 29.6 Å². The highest BCUT2D eigenvalue weighted by Gasteiger charge is 2.30. The minimum Gasteiger partial charge on any atom is -0.344 e. The van der Waals surface area contributed by atoms with E-state index in [9.17, 15) is 4.79 Å². The number of imidazole rings is 1.